The van der Waals surface area contributed by atoms with Gasteiger partial charge in [0.25, 0.3) is 0 Å². The molecule has 0 aromatic carbocycles. The Kier molecular flexibility index (Phi) is 4.06. The molecule has 1 aromatic heterocycles. The highest BCUT2D eigenvalue weighted by Gasteiger charge is 2.21. The number of carbonyl (C=O) groups excluding carboxylic acids is 1. The summed E-state index contributed by atoms with van der Waals surface area (Å²) in [5.41, 5.74) is 10.8. The molecular formula is C11H18N6O. The van der Waals surface area contributed by atoms with E-state index >= 15 is 0 Å². The number of nitrogens with two attached hydrogens (primary N) is 2. The maximum atomic E-state index is 10.9. The number of amides is 1. The fraction of sp³-hybridized carbons (Fsp3) is 0.545. The van der Waals surface area contributed by atoms with Crippen LogP contribution < -0.4 is 16.4 Å². The lowest BCUT2D eigenvalue weighted by Gasteiger charge is -2.35. The number of rotatable bonds is 4. The number of nitrogens with zero attached hydrogens (tertiary/aromatic N) is 4. The highest BCUT2D eigenvalue weighted by Crippen LogP contribution is 2.09. The molecule has 0 radical (unpaired) electrons. The quantitative estimate of drug-likeness (QED) is 0.668. The first-order valence-corrected chi connectivity index (χ1v) is 5.96. The van der Waals surface area contributed by atoms with Gasteiger partial charge in [0.05, 0.1) is 6.04 Å². The minimum Gasteiger partial charge on any atom is -0.368 e. The molecular weight excluding hydrogens is 232 g/mol. The van der Waals surface area contributed by atoms with E-state index in [1.165, 1.54) is 0 Å². The number of carbonyl (C=O) groups is 1. The number of anilines is 1. The summed E-state index contributed by atoms with van der Waals surface area (Å²) in [6.07, 6.45) is 3.47. The Labute approximate surface area is 106 Å². The molecule has 1 saturated heterocycles. The monoisotopic (exact) mass is 250 g/mol. The first-order valence-electron chi connectivity index (χ1n) is 5.96. The van der Waals surface area contributed by atoms with Crippen molar-refractivity contribution in [2.24, 2.45) is 11.5 Å². The van der Waals surface area contributed by atoms with Crippen molar-refractivity contribution in [1.29, 1.82) is 0 Å². The van der Waals surface area contributed by atoms with Gasteiger partial charge in [0.1, 0.15) is 0 Å². The summed E-state index contributed by atoms with van der Waals surface area (Å²) in [5.74, 6) is 0.292. The number of piperazine rings is 1. The van der Waals surface area contributed by atoms with Crippen LogP contribution in [-0.4, -0.2) is 59.5 Å². The van der Waals surface area contributed by atoms with Gasteiger partial charge in [-0.3, -0.25) is 9.69 Å². The molecule has 1 unspecified atom stereocenters. The van der Waals surface area contributed by atoms with Crippen molar-refractivity contribution in [2.45, 2.75) is 6.04 Å². The lowest BCUT2D eigenvalue weighted by atomic mass is 10.2. The molecule has 1 aliphatic rings. The average molecular weight is 250 g/mol. The zero-order valence-electron chi connectivity index (χ0n) is 10.2. The predicted octanol–water partition coefficient (Wildman–Crippen LogP) is -1.59. The molecule has 4 N–H and O–H groups in total. The molecule has 2 heterocycles. The average Bonchev–Trinajstić information content (AvgIpc) is 2.40. The number of aromatic nitrogens is 2. The highest BCUT2D eigenvalue weighted by molar-refractivity contribution is 5.79. The Morgan fingerprint density at radius 3 is 2.44 bits per heavy atom. The summed E-state index contributed by atoms with van der Waals surface area (Å²) < 4.78 is 0. The number of primary amides is 1. The molecule has 7 nitrogen and oxygen atoms in total. The SMILES string of the molecule is NC(=O)C(N)CN1CCN(c2ncccn2)CC1. The number of hydrogen-bond acceptors (Lipinski definition) is 6. The van der Waals surface area contributed by atoms with Gasteiger partial charge in [0, 0.05) is 45.1 Å². The molecule has 0 spiro atoms. The summed E-state index contributed by atoms with van der Waals surface area (Å²) in [5, 5.41) is 0. The van der Waals surface area contributed by atoms with Crippen LogP contribution in [0.4, 0.5) is 5.95 Å². The molecule has 2 rings (SSSR count). The van der Waals surface area contributed by atoms with Crippen LogP contribution in [0.25, 0.3) is 0 Å². The molecule has 18 heavy (non-hydrogen) atoms. The summed E-state index contributed by atoms with van der Waals surface area (Å²) in [4.78, 5) is 23.6. The third-order valence-electron chi connectivity index (χ3n) is 3.03. The molecule has 7 heteroatoms. The van der Waals surface area contributed by atoms with E-state index in [1.807, 2.05) is 0 Å². The van der Waals surface area contributed by atoms with Crippen LogP contribution in [0, 0.1) is 0 Å². The molecule has 1 amide bonds. The smallest absolute Gasteiger partial charge is 0.235 e. The summed E-state index contributed by atoms with van der Waals surface area (Å²) in [6, 6.07) is 1.20. The van der Waals surface area contributed by atoms with Crippen LogP contribution in [0.15, 0.2) is 18.5 Å². The Morgan fingerprint density at radius 2 is 1.89 bits per heavy atom. The van der Waals surface area contributed by atoms with Crippen LogP contribution in [-0.2, 0) is 4.79 Å². The van der Waals surface area contributed by atoms with Crippen molar-refractivity contribution in [1.82, 2.24) is 14.9 Å². The third-order valence-corrected chi connectivity index (χ3v) is 3.03. The maximum absolute atomic E-state index is 10.9. The van der Waals surface area contributed by atoms with Crippen LogP contribution in [0.3, 0.4) is 0 Å². The topological polar surface area (TPSA) is 101 Å². The van der Waals surface area contributed by atoms with Crippen LogP contribution in [0.1, 0.15) is 0 Å². The van der Waals surface area contributed by atoms with E-state index in [4.69, 9.17) is 11.5 Å². The number of hydrogen-bond donors (Lipinski definition) is 2. The molecule has 1 atom stereocenters. The molecule has 1 fully saturated rings. The van der Waals surface area contributed by atoms with Gasteiger partial charge < -0.3 is 16.4 Å². The van der Waals surface area contributed by atoms with Crippen molar-refractivity contribution in [2.75, 3.05) is 37.6 Å². The predicted molar refractivity (Wildman–Crippen MR) is 67.9 cm³/mol. The van der Waals surface area contributed by atoms with Gasteiger partial charge in [-0.05, 0) is 6.07 Å². The van der Waals surface area contributed by atoms with E-state index in [9.17, 15) is 4.79 Å². The zero-order valence-corrected chi connectivity index (χ0v) is 10.2. The summed E-state index contributed by atoms with van der Waals surface area (Å²) in [6.45, 7) is 3.84. The van der Waals surface area contributed by atoms with Crippen LogP contribution in [0.2, 0.25) is 0 Å². The van der Waals surface area contributed by atoms with Crippen molar-refractivity contribution in [3.63, 3.8) is 0 Å². The van der Waals surface area contributed by atoms with Crippen molar-refractivity contribution in [3.05, 3.63) is 18.5 Å². The lowest BCUT2D eigenvalue weighted by molar-refractivity contribution is -0.119. The molecule has 1 aliphatic heterocycles. The molecule has 0 bridgehead atoms. The minimum atomic E-state index is -0.593. The van der Waals surface area contributed by atoms with Gasteiger partial charge in [-0.25, -0.2) is 9.97 Å². The van der Waals surface area contributed by atoms with Crippen molar-refractivity contribution < 1.29 is 4.79 Å². The van der Waals surface area contributed by atoms with Crippen molar-refractivity contribution >= 4 is 11.9 Å². The normalized spacial score (nSPS) is 18.6. The second-order valence-electron chi connectivity index (χ2n) is 4.35. The Morgan fingerprint density at radius 1 is 1.28 bits per heavy atom. The molecule has 98 valence electrons. The maximum Gasteiger partial charge on any atom is 0.235 e. The lowest BCUT2D eigenvalue weighted by Crippen LogP contribution is -2.53. The second kappa shape index (κ2) is 5.74. The van der Waals surface area contributed by atoms with E-state index in [0.717, 1.165) is 32.1 Å². The van der Waals surface area contributed by atoms with E-state index in [1.54, 1.807) is 18.5 Å². The van der Waals surface area contributed by atoms with Gasteiger partial charge >= 0.3 is 0 Å². The fourth-order valence-electron chi connectivity index (χ4n) is 1.95. The molecule has 0 saturated carbocycles. The fourth-order valence-corrected chi connectivity index (χ4v) is 1.95. The van der Waals surface area contributed by atoms with E-state index in [0.29, 0.717) is 6.54 Å². The third kappa shape index (κ3) is 3.14. The molecule has 0 aliphatic carbocycles. The summed E-state index contributed by atoms with van der Waals surface area (Å²) in [7, 11) is 0. The van der Waals surface area contributed by atoms with Crippen molar-refractivity contribution in [3.8, 4) is 0 Å². The Balaban J connectivity index is 1.83. The van der Waals surface area contributed by atoms with Gasteiger partial charge in [-0.1, -0.05) is 0 Å². The van der Waals surface area contributed by atoms with Gasteiger partial charge in [0.15, 0.2) is 0 Å². The molecule has 1 aromatic rings. The van der Waals surface area contributed by atoms with E-state index in [2.05, 4.69) is 19.8 Å². The summed E-state index contributed by atoms with van der Waals surface area (Å²) >= 11 is 0. The second-order valence-corrected chi connectivity index (χ2v) is 4.35. The van der Waals surface area contributed by atoms with Crippen LogP contribution >= 0.6 is 0 Å². The largest absolute Gasteiger partial charge is 0.368 e. The zero-order chi connectivity index (χ0) is 13.0. The van der Waals surface area contributed by atoms with Gasteiger partial charge in [-0.15, -0.1) is 0 Å². The first kappa shape index (κ1) is 12.7. The van der Waals surface area contributed by atoms with Gasteiger partial charge in [-0.2, -0.15) is 0 Å². The minimum absolute atomic E-state index is 0.455. The highest BCUT2D eigenvalue weighted by atomic mass is 16.1. The van der Waals surface area contributed by atoms with Gasteiger partial charge in [0.2, 0.25) is 11.9 Å². The Hall–Kier alpha value is -1.73. The standard InChI is InChI=1S/C11H18N6O/c12-9(10(13)18)8-16-4-6-17(7-5-16)11-14-2-1-3-15-11/h1-3,9H,4-8,12H2,(H2,13,18). The Bertz CT molecular complexity index is 390. The van der Waals surface area contributed by atoms with Crippen LogP contribution in [0.5, 0.6) is 0 Å². The van der Waals surface area contributed by atoms with E-state index < -0.39 is 11.9 Å². The first-order chi connectivity index (χ1) is 8.66. The van der Waals surface area contributed by atoms with E-state index in [-0.39, 0.29) is 0 Å².